The van der Waals surface area contributed by atoms with Crippen LogP contribution >= 0.6 is 0 Å². The fourth-order valence-corrected chi connectivity index (χ4v) is 3.33. The molecule has 1 aromatic carbocycles. The number of nitrogens with zero attached hydrogens (tertiary/aromatic N) is 4. The number of benzene rings is 1. The monoisotopic (exact) mass is 393 g/mol. The molecule has 4 rings (SSSR count). The van der Waals surface area contributed by atoms with E-state index in [4.69, 9.17) is 9.26 Å². The minimum atomic E-state index is -0.0601. The van der Waals surface area contributed by atoms with Gasteiger partial charge >= 0.3 is 6.01 Å². The van der Waals surface area contributed by atoms with Crippen molar-refractivity contribution >= 4 is 17.7 Å². The summed E-state index contributed by atoms with van der Waals surface area (Å²) in [5.74, 6) is 1.79. The Balaban J connectivity index is 1.35. The molecule has 1 amide bonds. The number of aromatic nitrogens is 3. The van der Waals surface area contributed by atoms with Crippen LogP contribution in [0.25, 0.3) is 11.4 Å². The molecule has 1 saturated heterocycles. The van der Waals surface area contributed by atoms with Crippen molar-refractivity contribution in [2.45, 2.75) is 19.8 Å². The second kappa shape index (κ2) is 8.30. The first-order valence-electron chi connectivity index (χ1n) is 9.59. The van der Waals surface area contributed by atoms with E-state index in [9.17, 15) is 4.79 Å². The molecule has 8 nitrogen and oxygen atoms in total. The Hall–Kier alpha value is -3.42. The van der Waals surface area contributed by atoms with Crippen molar-refractivity contribution in [3.63, 3.8) is 0 Å². The van der Waals surface area contributed by atoms with E-state index in [1.54, 1.807) is 13.3 Å². The number of hydrogen-bond acceptors (Lipinski definition) is 7. The molecule has 1 fully saturated rings. The molecule has 3 aromatic rings. The van der Waals surface area contributed by atoms with Gasteiger partial charge in [-0.3, -0.25) is 4.79 Å². The fraction of sp³-hybridized carbons (Fsp3) is 0.333. The number of pyridine rings is 1. The average molecular weight is 393 g/mol. The van der Waals surface area contributed by atoms with Crippen molar-refractivity contribution in [1.29, 1.82) is 0 Å². The Morgan fingerprint density at radius 1 is 1.24 bits per heavy atom. The molecule has 1 N–H and O–H groups in total. The summed E-state index contributed by atoms with van der Waals surface area (Å²) in [4.78, 5) is 23.3. The maximum Gasteiger partial charge on any atom is 0.324 e. The largest absolute Gasteiger partial charge is 0.497 e. The SMILES string of the molecule is COc1cccc(-c2noc(N3CCC(C(=O)Nc4ccc(C)cn4)CC3)n2)c1. The molecule has 0 unspecified atom stereocenters. The normalized spacial score (nSPS) is 14.6. The molecule has 0 aliphatic carbocycles. The molecule has 0 saturated carbocycles. The van der Waals surface area contributed by atoms with E-state index in [0.29, 0.717) is 43.6 Å². The smallest absolute Gasteiger partial charge is 0.324 e. The third kappa shape index (κ3) is 4.37. The molecular formula is C21H23N5O3. The van der Waals surface area contributed by atoms with Gasteiger partial charge in [0.1, 0.15) is 11.6 Å². The van der Waals surface area contributed by atoms with E-state index < -0.39 is 0 Å². The van der Waals surface area contributed by atoms with Crippen LogP contribution in [0.1, 0.15) is 18.4 Å². The van der Waals surface area contributed by atoms with E-state index in [0.717, 1.165) is 16.9 Å². The third-order valence-electron chi connectivity index (χ3n) is 5.04. The summed E-state index contributed by atoms with van der Waals surface area (Å²) in [5.41, 5.74) is 1.89. The Morgan fingerprint density at radius 3 is 2.79 bits per heavy atom. The van der Waals surface area contributed by atoms with Gasteiger partial charge in [0.2, 0.25) is 11.7 Å². The third-order valence-corrected chi connectivity index (χ3v) is 5.04. The summed E-state index contributed by atoms with van der Waals surface area (Å²) < 4.78 is 10.7. The van der Waals surface area contributed by atoms with Crippen LogP contribution in [0.4, 0.5) is 11.8 Å². The molecule has 0 spiro atoms. The number of piperidine rings is 1. The average Bonchev–Trinajstić information content (AvgIpc) is 3.26. The fourth-order valence-electron chi connectivity index (χ4n) is 3.33. The number of hydrogen-bond donors (Lipinski definition) is 1. The van der Waals surface area contributed by atoms with Crippen LogP contribution < -0.4 is 15.0 Å². The van der Waals surface area contributed by atoms with Gasteiger partial charge in [0.15, 0.2) is 0 Å². The molecule has 1 aliphatic rings. The van der Waals surface area contributed by atoms with Gasteiger partial charge in [-0.2, -0.15) is 4.98 Å². The van der Waals surface area contributed by atoms with Crippen LogP contribution in [0.15, 0.2) is 47.1 Å². The summed E-state index contributed by atoms with van der Waals surface area (Å²) in [6.07, 6.45) is 3.18. The maximum atomic E-state index is 12.5. The molecular weight excluding hydrogens is 370 g/mol. The molecule has 1 aliphatic heterocycles. The van der Waals surface area contributed by atoms with E-state index >= 15 is 0 Å². The van der Waals surface area contributed by atoms with Crippen molar-refractivity contribution in [2.24, 2.45) is 5.92 Å². The molecule has 0 atom stereocenters. The lowest BCUT2D eigenvalue weighted by Gasteiger charge is -2.29. The number of carbonyl (C=O) groups excluding carboxylic acids is 1. The number of rotatable bonds is 5. The molecule has 150 valence electrons. The predicted octanol–water partition coefficient (Wildman–Crippen LogP) is 3.30. The van der Waals surface area contributed by atoms with Crippen LogP contribution in [0.5, 0.6) is 5.75 Å². The highest BCUT2D eigenvalue weighted by molar-refractivity contribution is 5.91. The van der Waals surface area contributed by atoms with Crippen LogP contribution in [0.3, 0.4) is 0 Å². The zero-order valence-electron chi connectivity index (χ0n) is 16.5. The predicted molar refractivity (Wildman–Crippen MR) is 109 cm³/mol. The summed E-state index contributed by atoms with van der Waals surface area (Å²) in [5, 5.41) is 6.98. The first-order chi connectivity index (χ1) is 14.1. The van der Waals surface area contributed by atoms with Gasteiger partial charge in [0.05, 0.1) is 7.11 Å². The van der Waals surface area contributed by atoms with Gasteiger partial charge < -0.3 is 19.5 Å². The number of amides is 1. The van der Waals surface area contributed by atoms with Gasteiger partial charge in [0.25, 0.3) is 0 Å². The highest BCUT2D eigenvalue weighted by Crippen LogP contribution is 2.26. The van der Waals surface area contributed by atoms with E-state index in [1.807, 2.05) is 48.2 Å². The van der Waals surface area contributed by atoms with Gasteiger partial charge in [-0.25, -0.2) is 4.98 Å². The zero-order valence-corrected chi connectivity index (χ0v) is 16.5. The first-order valence-corrected chi connectivity index (χ1v) is 9.59. The van der Waals surface area contributed by atoms with Crippen LogP contribution in [0, 0.1) is 12.8 Å². The Kier molecular flexibility index (Phi) is 5.41. The van der Waals surface area contributed by atoms with E-state index in [1.165, 1.54) is 0 Å². The number of anilines is 2. The number of methoxy groups -OCH3 is 1. The minimum Gasteiger partial charge on any atom is -0.497 e. The minimum absolute atomic E-state index is 0.00333. The van der Waals surface area contributed by atoms with Crippen molar-refractivity contribution in [3.8, 4) is 17.1 Å². The van der Waals surface area contributed by atoms with Crippen molar-refractivity contribution in [2.75, 3.05) is 30.4 Å². The number of ether oxygens (including phenoxy) is 1. The lowest BCUT2D eigenvalue weighted by atomic mass is 9.96. The van der Waals surface area contributed by atoms with E-state index in [-0.39, 0.29) is 11.8 Å². The quantitative estimate of drug-likeness (QED) is 0.711. The van der Waals surface area contributed by atoms with Gasteiger partial charge in [-0.1, -0.05) is 23.4 Å². The number of nitrogens with one attached hydrogen (secondary N) is 1. The van der Waals surface area contributed by atoms with Crippen molar-refractivity contribution in [1.82, 2.24) is 15.1 Å². The highest BCUT2D eigenvalue weighted by Gasteiger charge is 2.28. The standard InChI is InChI=1S/C21H23N5O3/c1-14-6-7-18(22-13-14)23-20(27)15-8-10-26(11-9-15)21-24-19(25-29-21)16-4-3-5-17(12-16)28-2/h3-7,12-13,15H,8-11H2,1-2H3,(H,22,23,27). The molecule has 29 heavy (non-hydrogen) atoms. The van der Waals surface area contributed by atoms with Crippen molar-refractivity contribution < 1.29 is 14.1 Å². The summed E-state index contributed by atoms with van der Waals surface area (Å²) in [7, 11) is 1.62. The summed E-state index contributed by atoms with van der Waals surface area (Å²) in [6, 6.07) is 11.8. The number of carbonyl (C=O) groups is 1. The summed E-state index contributed by atoms with van der Waals surface area (Å²) in [6.45, 7) is 3.32. The van der Waals surface area contributed by atoms with Crippen LogP contribution in [-0.2, 0) is 4.79 Å². The second-order valence-electron chi connectivity index (χ2n) is 7.10. The summed E-state index contributed by atoms with van der Waals surface area (Å²) >= 11 is 0. The van der Waals surface area contributed by atoms with Gasteiger partial charge in [-0.15, -0.1) is 0 Å². The zero-order chi connectivity index (χ0) is 20.2. The van der Waals surface area contributed by atoms with Crippen LogP contribution in [0.2, 0.25) is 0 Å². The Bertz CT molecular complexity index is 978. The molecule has 8 heteroatoms. The first kappa shape index (κ1) is 18.9. The maximum absolute atomic E-state index is 12.5. The van der Waals surface area contributed by atoms with Crippen LogP contribution in [-0.4, -0.2) is 41.2 Å². The topological polar surface area (TPSA) is 93.4 Å². The lowest BCUT2D eigenvalue weighted by Crippen LogP contribution is -2.38. The van der Waals surface area contributed by atoms with Crippen molar-refractivity contribution in [3.05, 3.63) is 48.2 Å². The van der Waals surface area contributed by atoms with Gasteiger partial charge in [-0.05, 0) is 43.5 Å². The Morgan fingerprint density at radius 2 is 2.07 bits per heavy atom. The van der Waals surface area contributed by atoms with Gasteiger partial charge in [0, 0.05) is 30.8 Å². The molecule has 0 radical (unpaired) electrons. The number of aryl methyl sites for hydroxylation is 1. The Labute approximate surface area is 168 Å². The molecule has 2 aromatic heterocycles. The highest BCUT2D eigenvalue weighted by atomic mass is 16.5. The lowest BCUT2D eigenvalue weighted by molar-refractivity contribution is -0.120. The van der Waals surface area contributed by atoms with E-state index in [2.05, 4.69) is 20.4 Å². The molecule has 3 heterocycles. The molecule has 0 bridgehead atoms. The second-order valence-corrected chi connectivity index (χ2v) is 7.10.